The van der Waals surface area contributed by atoms with Crippen LogP contribution in [0.25, 0.3) is 10.9 Å². The third-order valence-corrected chi connectivity index (χ3v) is 5.45. The first-order chi connectivity index (χ1) is 14.9. The zero-order chi connectivity index (χ0) is 22.4. The molecule has 0 saturated heterocycles. The maximum Gasteiger partial charge on any atom is 0.262 e. The third kappa shape index (κ3) is 6.05. The molecule has 0 saturated carbocycles. The number of thioether (sulfide) groups is 1. The van der Waals surface area contributed by atoms with Crippen molar-refractivity contribution in [3.05, 3.63) is 63.7 Å². The lowest BCUT2D eigenvalue weighted by molar-refractivity contribution is -0.122. The molecule has 1 heterocycles. The van der Waals surface area contributed by atoms with E-state index < -0.39 is 11.7 Å². The van der Waals surface area contributed by atoms with E-state index in [0.717, 1.165) is 18.2 Å². The minimum atomic E-state index is -0.439. The van der Waals surface area contributed by atoms with Crippen LogP contribution < -0.4 is 16.2 Å². The number of benzene rings is 2. The molecule has 0 radical (unpaired) electrons. The van der Waals surface area contributed by atoms with Crippen molar-refractivity contribution in [2.75, 3.05) is 17.6 Å². The molecule has 2 aromatic carbocycles. The fourth-order valence-electron chi connectivity index (χ4n) is 2.80. The molecule has 7 nitrogen and oxygen atoms in total. The Kier molecular flexibility index (Phi) is 7.64. The number of nitrogens with one attached hydrogen (secondary N) is 2. The van der Waals surface area contributed by atoms with Gasteiger partial charge in [0.2, 0.25) is 11.8 Å². The minimum absolute atomic E-state index is 0.0218. The van der Waals surface area contributed by atoms with E-state index in [2.05, 4.69) is 15.6 Å². The van der Waals surface area contributed by atoms with E-state index in [1.807, 2.05) is 6.92 Å². The largest absolute Gasteiger partial charge is 0.346 e. The molecule has 10 heteroatoms. The molecule has 0 unspecified atom stereocenters. The summed E-state index contributed by atoms with van der Waals surface area (Å²) < 4.78 is 14.4. The van der Waals surface area contributed by atoms with E-state index in [9.17, 15) is 18.8 Å². The van der Waals surface area contributed by atoms with Crippen LogP contribution in [-0.2, 0) is 16.1 Å². The van der Waals surface area contributed by atoms with Crippen LogP contribution in [0.5, 0.6) is 0 Å². The molecule has 162 valence electrons. The SMILES string of the molecule is CCCn1c(SCC(=O)NCC(=O)Nc2ccc(F)cc2)nc2cc(Cl)ccc2c1=O. The van der Waals surface area contributed by atoms with Gasteiger partial charge in [-0.25, -0.2) is 9.37 Å². The summed E-state index contributed by atoms with van der Waals surface area (Å²) in [4.78, 5) is 41.4. The molecule has 0 aliphatic carbocycles. The summed E-state index contributed by atoms with van der Waals surface area (Å²) in [5, 5.41) is 6.41. The summed E-state index contributed by atoms with van der Waals surface area (Å²) in [6.45, 7) is 2.17. The molecule has 0 aliphatic heterocycles. The van der Waals surface area contributed by atoms with Gasteiger partial charge in [0.15, 0.2) is 5.16 Å². The van der Waals surface area contributed by atoms with Gasteiger partial charge < -0.3 is 10.6 Å². The molecule has 0 bridgehead atoms. The first-order valence-corrected chi connectivity index (χ1v) is 10.9. The van der Waals surface area contributed by atoms with Crippen molar-refractivity contribution in [2.45, 2.75) is 25.0 Å². The number of nitrogens with zero attached hydrogens (tertiary/aromatic N) is 2. The quantitative estimate of drug-likeness (QED) is 0.395. The molecule has 3 aromatic rings. The second kappa shape index (κ2) is 10.4. The highest BCUT2D eigenvalue weighted by Gasteiger charge is 2.14. The summed E-state index contributed by atoms with van der Waals surface area (Å²) >= 11 is 7.12. The van der Waals surface area contributed by atoms with E-state index in [1.165, 1.54) is 28.8 Å². The number of carbonyl (C=O) groups excluding carboxylic acids is 2. The van der Waals surface area contributed by atoms with Crippen molar-refractivity contribution >= 4 is 51.8 Å². The van der Waals surface area contributed by atoms with Crippen molar-refractivity contribution in [3.8, 4) is 0 Å². The Morgan fingerprint density at radius 3 is 2.61 bits per heavy atom. The van der Waals surface area contributed by atoms with E-state index in [-0.39, 0.29) is 23.8 Å². The molecule has 0 aliphatic rings. The molecule has 0 spiro atoms. The van der Waals surface area contributed by atoms with E-state index in [4.69, 9.17) is 11.6 Å². The number of rotatable bonds is 8. The highest BCUT2D eigenvalue weighted by molar-refractivity contribution is 7.99. The number of anilines is 1. The van der Waals surface area contributed by atoms with Crippen molar-refractivity contribution in [1.82, 2.24) is 14.9 Å². The van der Waals surface area contributed by atoms with Crippen molar-refractivity contribution in [1.29, 1.82) is 0 Å². The molecule has 2 N–H and O–H groups in total. The molecule has 0 fully saturated rings. The Morgan fingerprint density at radius 1 is 1.16 bits per heavy atom. The standard InChI is InChI=1S/C21H20ClFN4O3S/c1-2-9-27-20(30)16-8-3-13(22)10-17(16)26-21(27)31-12-19(29)24-11-18(28)25-15-6-4-14(23)5-7-15/h3-8,10H,2,9,11-12H2,1H3,(H,24,29)(H,25,28). The smallest absolute Gasteiger partial charge is 0.262 e. The van der Waals surface area contributed by atoms with Crippen LogP contribution in [0.2, 0.25) is 5.02 Å². The van der Waals surface area contributed by atoms with E-state index in [1.54, 1.807) is 18.2 Å². The second-order valence-corrected chi connectivity index (χ2v) is 8.01. The van der Waals surface area contributed by atoms with Crippen molar-refractivity contribution in [2.24, 2.45) is 0 Å². The Bertz CT molecular complexity index is 1170. The molecule has 1 aromatic heterocycles. The van der Waals surface area contributed by atoms with Gasteiger partial charge in [-0.2, -0.15) is 0 Å². The molecule has 3 rings (SSSR count). The zero-order valence-electron chi connectivity index (χ0n) is 16.7. The molecule has 2 amide bonds. The fraction of sp³-hybridized carbons (Fsp3) is 0.238. The lowest BCUT2D eigenvalue weighted by Crippen LogP contribution is -2.34. The number of fused-ring (bicyclic) bond motifs is 1. The van der Waals surface area contributed by atoms with Gasteiger partial charge >= 0.3 is 0 Å². The summed E-state index contributed by atoms with van der Waals surface area (Å²) in [6, 6.07) is 10.2. The summed E-state index contributed by atoms with van der Waals surface area (Å²) in [6.07, 6.45) is 0.726. The summed E-state index contributed by atoms with van der Waals surface area (Å²) in [5.74, 6) is -1.25. The van der Waals surface area contributed by atoms with Gasteiger partial charge in [-0.3, -0.25) is 19.0 Å². The Balaban J connectivity index is 1.62. The van der Waals surface area contributed by atoms with E-state index in [0.29, 0.717) is 33.3 Å². The normalized spacial score (nSPS) is 10.8. The number of halogens is 2. The van der Waals surface area contributed by atoms with Crippen LogP contribution in [-0.4, -0.2) is 33.7 Å². The third-order valence-electron chi connectivity index (χ3n) is 4.24. The van der Waals surface area contributed by atoms with Crippen molar-refractivity contribution in [3.63, 3.8) is 0 Å². The minimum Gasteiger partial charge on any atom is -0.346 e. The fourth-order valence-corrected chi connectivity index (χ4v) is 3.82. The van der Waals surface area contributed by atoms with Gasteiger partial charge in [0.1, 0.15) is 5.82 Å². The lowest BCUT2D eigenvalue weighted by atomic mass is 10.2. The molecule has 31 heavy (non-hydrogen) atoms. The molecular weight excluding hydrogens is 443 g/mol. The van der Waals surface area contributed by atoms with Gasteiger partial charge in [-0.1, -0.05) is 30.3 Å². The average molecular weight is 463 g/mol. The van der Waals surface area contributed by atoms with Gasteiger partial charge in [0.25, 0.3) is 5.56 Å². The van der Waals surface area contributed by atoms with Crippen LogP contribution in [0.4, 0.5) is 10.1 Å². The monoisotopic (exact) mass is 462 g/mol. The van der Waals surface area contributed by atoms with Crippen LogP contribution in [0.1, 0.15) is 13.3 Å². The number of carbonyl (C=O) groups is 2. The van der Waals surface area contributed by atoms with Gasteiger partial charge in [0.05, 0.1) is 23.2 Å². The van der Waals surface area contributed by atoms with Crippen LogP contribution in [0, 0.1) is 5.82 Å². The second-order valence-electron chi connectivity index (χ2n) is 6.63. The molecule has 0 atom stereocenters. The van der Waals surface area contributed by atoms with Crippen LogP contribution in [0.15, 0.2) is 52.4 Å². The predicted molar refractivity (Wildman–Crippen MR) is 120 cm³/mol. The Morgan fingerprint density at radius 2 is 1.90 bits per heavy atom. The highest BCUT2D eigenvalue weighted by atomic mass is 35.5. The Hall–Kier alpha value is -2.91. The number of amides is 2. The van der Waals surface area contributed by atoms with Gasteiger partial charge in [0, 0.05) is 17.3 Å². The maximum absolute atomic E-state index is 12.9. The Labute approximate surface area is 187 Å². The first kappa shape index (κ1) is 22.8. The van der Waals surface area contributed by atoms with Crippen molar-refractivity contribution < 1.29 is 14.0 Å². The number of aromatic nitrogens is 2. The number of hydrogen-bond donors (Lipinski definition) is 2. The first-order valence-electron chi connectivity index (χ1n) is 9.52. The van der Waals surface area contributed by atoms with E-state index >= 15 is 0 Å². The average Bonchev–Trinajstić information content (AvgIpc) is 2.74. The predicted octanol–water partition coefficient (Wildman–Crippen LogP) is 3.45. The molecular formula is C21H20ClFN4O3S. The topological polar surface area (TPSA) is 93.1 Å². The van der Waals surface area contributed by atoms with Gasteiger partial charge in [-0.05, 0) is 48.9 Å². The maximum atomic E-state index is 12.9. The summed E-state index contributed by atoms with van der Waals surface area (Å²) in [5.41, 5.74) is 0.703. The zero-order valence-corrected chi connectivity index (χ0v) is 18.2. The van der Waals surface area contributed by atoms with Gasteiger partial charge in [-0.15, -0.1) is 0 Å². The summed E-state index contributed by atoms with van der Waals surface area (Å²) in [7, 11) is 0. The van der Waals surface area contributed by atoms with Crippen LogP contribution >= 0.6 is 23.4 Å². The lowest BCUT2D eigenvalue weighted by Gasteiger charge is -2.12. The van der Waals surface area contributed by atoms with Crippen LogP contribution in [0.3, 0.4) is 0 Å². The number of hydrogen-bond acceptors (Lipinski definition) is 5. The highest BCUT2D eigenvalue weighted by Crippen LogP contribution is 2.20.